The summed E-state index contributed by atoms with van der Waals surface area (Å²) in [6, 6.07) is 13.3. The number of hydrogen-bond acceptors (Lipinski definition) is 3. The number of carbonyl (C=O) groups excluding carboxylic acids is 2. The number of benzene rings is 2. The van der Waals surface area contributed by atoms with Crippen molar-refractivity contribution in [3.63, 3.8) is 0 Å². The predicted octanol–water partition coefficient (Wildman–Crippen LogP) is 4.87. The molecule has 4 rings (SSSR count). The minimum absolute atomic E-state index is 0.116. The Morgan fingerprint density at radius 2 is 1.65 bits per heavy atom. The average Bonchev–Trinajstić information content (AvgIpc) is 2.85. The van der Waals surface area contributed by atoms with Gasteiger partial charge in [-0.3, -0.25) is 9.59 Å². The molecule has 0 radical (unpaired) electrons. The van der Waals surface area contributed by atoms with Crippen molar-refractivity contribution >= 4 is 23.3 Å². The van der Waals surface area contributed by atoms with E-state index in [4.69, 9.17) is 0 Å². The molecule has 0 N–H and O–H groups in total. The number of rotatable bonds is 1. The summed E-state index contributed by atoms with van der Waals surface area (Å²) >= 11 is 0. The zero-order valence-electron chi connectivity index (χ0n) is 15.7. The van der Waals surface area contributed by atoms with Gasteiger partial charge in [0.2, 0.25) is 0 Å². The van der Waals surface area contributed by atoms with Crippen molar-refractivity contribution in [1.82, 2.24) is 0 Å². The maximum absolute atomic E-state index is 12.6. The largest absolute Gasteiger partial charge is 0.369 e. The van der Waals surface area contributed by atoms with Gasteiger partial charge >= 0.3 is 0 Å². The van der Waals surface area contributed by atoms with Gasteiger partial charge in [-0.2, -0.15) is 0 Å². The Balaban J connectivity index is 1.76. The lowest BCUT2D eigenvalue weighted by Crippen LogP contribution is -2.45. The van der Waals surface area contributed by atoms with Crippen molar-refractivity contribution in [3.8, 4) is 0 Å². The lowest BCUT2D eigenvalue weighted by atomic mass is 9.80. The van der Waals surface area contributed by atoms with Crippen molar-refractivity contribution in [2.75, 3.05) is 11.9 Å². The number of hydrogen-bond donors (Lipinski definition) is 0. The molecular formula is C23H23NO2. The van der Waals surface area contributed by atoms with Crippen LogP contribution < -0.4 is 4.90 Å². The fraction of sp³-hybridized carbons (Fsp3) is 0.304. The summed E-state index contributed by atoms with van der Waals surface area (Å²) in [6.45, 7) is 6.76. The van der Waals surface area contributed by atoms with E-state index < -0.39 is 0 Å². The third-order valence-electron chi connectivity index (χ3n) is 5.87. The number of anilines is 1. The molecule has 26 heavy (non-hydrogen) atoms. The molecule has 1 heterocycles. The van der Waals surface area contributed by atoms with Crippen molar-refractivity contribution in [3.05, 3.63) is 70.3 Å². The van der Waals surface area contributed by atoms with E-state index in [1.165, 1.54) is 11.3 Å². The summed E-state index contributed by atoms with van der Waals surface area (Å²) in [5, 5.41) is 0. The molecule has 0 bridgehead atoms. The Morgan fingerprint density at radius 3 is 2.27 bits per heavy atom. The first-order chi connectivity index (χ1) is 12.3. The molecule has 3 heteroatoms. The van der Waals surface area contributed by atoms with E-state index in [1.807, 2.05) is 6.07 Å². The van der Waals surface area contributed by atoms with E-state index in [0.717, 1.165) is 12.0 Å². The Bertz CT molecular complexity index is 931. The lowest BCUT2D eigenvalue weighted by Gasteiger charge is -2.45. The Morgan fingerprint density at radius 1 is 1.04 bits per heavy atom. The number of fused-ring (bicyclic) bond motifs is 2. The lowest BCUT2D eigenvalue weighted by molar-refractivity contribution is 0.0990. The SMILES string of the molecule is C[C@H]1CC(C)(C)N(C)c2ccc(C=C3C(=O)c4ccccc4C3=O)cc21. The van der Waals surface area contributed by atoms with Crippen LogP contribution in [0.1, 0.15) is 65.0 Å². The normalized spacial score (nSPS) is 20.8. The standard InChI is InChI=1S/C23H23NO2/c1-14-13-23(2,3)24(4)20-10-9-15(11-18(14)20)12-19-21(25)16-7-5-6-8-17(16)22(19)26/h5-12,14H,13H2,1-4H3/t14-/m0/s1. The second-order valence-corrected chi connectivity index (χ2v) is 8.06. The van der Waals surface area contributed by atoms with E-state index in [9.17, 15) is 9.59 Å². The summed E-state index contributed by atoms with van der Waals surface area (Å²) in [6.07, 6.45) is 2.82. The van der Waals surface area contributed by atoms with E-state index in [0.29, 0.717) is 17.0 Å². The van der Waals surface area contributed by atoms with Crippen LogP contribution in [0.4, 0.5) is 5.69 Å². The van der Waals surface area contributed by atoms with Gasteiger partial charge in [0, 0.05) is 29.4 Å². The van der Waals surface area contributed by atoms with Gasteiger partial charge in [0.25, 0.3) is 0 Å². The highest BCUT2D eigenvalue weighted by atomic mass is 16.2. The van der Waals surface area contributed by atoms with Gasteiger partial charge in [-0.1, -0.05) is 37.3 Å². The summed E-state index contributed by atoms with van der Waals surface area (Å²) in [4.78, 5) is 27.5. The van der Waals surface area contributed by atoms with Crippen LogP contribution >= 0.6 is 0 Å². The van der Waals surface area contributed by atoms with Gasteiger partial charge < -0.3 is 4.90 Å². The van der Waals surface area contributed by atoms with Gasteiger partial charge in [0.05, 0.1) is 5.57 Å². The Kier molecular flexibility index (Phi) is 3.65. The molecule has 0 aromatic heterocycles. The molecule has 0 fully saturated rings. The molecule has 0 saturated carbocycles. The molecule has 1 aliphatic heterocycles. The molecule has 3 nitrogen and oxygen atoms in total. The Hall–Kier alpha value is -2.68. The van der Waals surface area contributed by atoms with Crippen molar-refractivity contribution in [1.29, 1.82) is 0 Å². The topological polar surface area (TPSA) is 37.4 Å². The summed E-state index contributed by atoms with van der Waals surface area (Å²) in [5.74, 6) is 0.0889. The van der Waals surface area contributed by atoms with E-state index in [2.05, 4.69) is 44.9 Å². The second-order valence-electron chi connectivity index (χ2n) is 8.06. The molecule has 0 unspecified atom stereocenters. The summed E-state index contributed by atoms with van der Waals surface area (Å²) in [7, 11) is 2.13. The first-order valence-electron chi connectivity index (χ1n) is 9.07. The van der Waals surface area contributed by atoms with Gasteiger partial charge in [0.15, 0.2) is 11.6 Å². The number of nitrogens with zero attached hydrogens (tertiary/aromatic N) is 1. The third-order valence-corrected chi connectivity index (χ3v) is 5.87. The van der Waals surface area contributed by atoms with Gasteiger partial charge in [0.1, 0.15) is 0 Å². The van der Waals surface area contributed by atoms with Crippen molar-refractivity contribution in [2.24, 2.45) is 0 Å². The Labute approximate surface area is 154 Å². The second kappa shape index (κ2) is 5.66. The molecule has 0 amide bonds. The average molecular weight is 345 g/mol. The summed E-state index contributed by atoms with van der Waals surface area (Å²) < 4.78 is 0. The molecule has 1 aliphatic carbocycles. The van der Waals surface area contributed by atoms with Crippen molar-refractivity contribution in [2.45, 2.75) is 38.6 Å². The smallest absolute Gasteiger partial charge is 0.197 e. The molecule has 2 aliphatic rings. The van der Waals surface area contributed by atoms with Gasteiger partial charge in [-0.05, 0) is 55.5 Å². The highest BCUT2D eigenvalue weighted by Crippen LogP contribution is 2.43. The fourth-order valence-corrected chi connectivity index (χ4v) is 4.26. The molecule has 132 valence electrons. The van der Waals surface area contributed by atoms with Crippen LogP contribution in [0.2, 0.25) is 0 Å². The van der Waals surface area contributed by atoms with Crippen LogP contribution in [0.5, 0.6) is 0 Å². The van der Waals surface area contributed by atoms with Crippen LogP contribution in [0.25, 0.3) is 6.08 Å². The quantitative estimate of drug-likeness (QED) is 0.546. The van der Waals surface area contributed by atoms with Crippen LogP contribution in [0.15, 0.2) is 48.0 Å². The number of Topliss-reactive ketones (excluding diaryl/α,β-unsaturated/α-hetero) is 2. The molecule has 2 aromatic carbocycles. The molecular weight excluding hydrogens is 322 g/mol. The summed E-state index contributed by atoms with van der Waals surface area (Å²) in [5.41, 5.74) is 4.82. The highest BCUT2D eigenvalue weighted by Gasteiger charge is 2.35. The van der Waals surface area contributed by atoms with Crippen molar-refractivity contribution < 1.29 is 9.59 Å². The highest BCUT2D eigenvalue weighted by molar-refractivity contribution is 6.41. The minimum Gasteiger partial charge on any atom is -0.369 e. The van der Waals surface area contributed by atoms with E-state index in [-0.39, 0.29) is 22.7 Å². The van der Waals surface area contributed by atoms with Crippen LogP contribution in [0.3, 0.4) is 0 Å². The van der Waals surface area contributed by atoms with Gasteiger partial charge in [-0.15, -0.1) is 0 Å². The molecule has 2 aromatic rings. The maximum atomic E-state index is 12.6. The molecule has 1 atom stereocenters. The number of carbonyl (C=O) groups is 2. The first kappa shape index (κ1) is 16.8. The fourth-order valence-electron chi connectivity index (χ4n) is 4.26. The minimum atomic E-state index is -0.172. The zero-order chi connectivity index (χ0) is 18.6. The van der Waals surface area contributed by atoms with Crippen LogP contribution in [-0.2, 0) is 0 Å². The third kappa shape index (κ3) is 2.42. The number of allylic oxidation sites excluding steroid dienone is 1. The maximum Gasteiger partial charge on any atom is 0.197 e. The molecule has 0 saturated heterocycles. The molecule has 0 spiro atoms. The van der Waals surface area contributed by atoms with E-state index in [1.54, 1.807) is 30.3 Å². The monoisotopic (exact) mass is 345 g/mol. The van der Waals surface area contributed by atoms with Crippen LogP contribution in [-0.4, -0.2) is 24.2 Å². The predicted molar refractivity (Wildman–Crippen MR) is 105 cm³/mol. The first-order valence-corrected chi connectivity index (χ1v) is 9.07. The zero-order valence-corrected chi connectivity index (χ0v) is 15.7. The van der Waals surface area contributed by atoms with Crippen LogP contribution in [0, 0.1) is 0 Å². The van der Waals surface area contributed by atoms with E-state index >= 15 is 0 Å². The number of ketones is 2. The van der Waals surface area contributed by atoms with Gasteiger partial charge in [-0.25, -0.2) is 0 Å².